The van der Waals surface area contributed by atoms with E-state index < -0.39 is 35.5 Å². The van der Waals surface area contributed by atoms with Crippen molar-refractivity contribution in [2.24, 2.45) is 17.3 Å². The molecule has 0 unspecified atom stereocenters. The molecule has 4 aliphatic heterocycles. The SMILES string of the molecule is CCO[C@@H]1c2nc(cs2)-c2ccc3c(c2)c(c(-c2cc(N4CCN(C5CC5)CC4)cnc2[C@H](C)OC)n3CCO[C@H]2CCOC(C)(C)C2)CC(C)(C)COC(=O)[C@@H]2CCCN(N2)C(=O)[C@H]1NC(=O)[C@@H]1[C@@H](C)[C@H]1c1ccccn1. The summed E-state index contributed by atoms with van der Waals surface area (Å²) in [5.41, 5.74) is 10.9. The van der Waals surface area contributed by atoms with E-state index in [9.17, 15) is 9.59 Å². The number of benzene rings is 1. The lowest BCUT2D eigenvalue weighted by Gasteiger charge is -2.37. The molecule has 6 aliphatic rings. The highest BCUT2D eigenvalue weighted by atomic mass is 32.1. The predicted molar refractivity (Wildman–Crippen MR) is 300 cm³/mol. The van der Waals surface area contributed by atoms with E-state index in [2.05, 4.69) is 89.0 Å². The van der Waals surface area contributed by atoms with Gasteiger partial charge in [0.05, 0.1) is 60.0 Å². The number of carbonyl (C=O) groups is 3. The number of rotatable bonds is 14. The van der Waals surface area contributed by atoms with E-state index in [4.69, 9.17) is 33.7 Å². The van der Waals surface area contributed by atoms with Gasteiger partial charge in [-0.2, -0.15) is 0 Å². The number of cyclic esters (lactones) is 1. The van der Waals surface area contributed by atoms with Crippen LogP contribution in [0.2, 0.25) is 0 Å². The summed E-state index contributed by atoms with van der Waals surface area (Å²) in [5.74, 6) is -1.55. The van der Waals surface area contributed by atoms with Crippen LogP contribution in [0, 0.1) is 17.3 Å². The summed E-state index contributed by atoms with van der Waals surface area (Å²) in [6.45, 7) is 20.8. The molecule has 2 amide bonds. The summed E-state index contributed by atoms with van der Waals surface area (Å²) < 4.78 is 34.3. The van der Waals surface area contributed by atoms with Gasteiger partial charge in [-0.05, 0) is 108 Å². The summed E-state index contributed by atoms with van der Waals surface area (Å²) in [5, 5.41) is 8.24. The number of amides is 2. The number of hydrazine groups is 1. The molecule has 18 heteroatoms. The quantitative estimate of drug-likeness (QED) is 0.101. The zero-order chi connectivity index (χ0) is 54.5. The number of anilines is 1. The van der Waals surface area contributed by atoms with Gasteiger partial charge in [-0.3, -0.25) is 34.3 Å². The van der Waals surface area contributed by atoms with Gasteiger partial charge >= 0.3 is 5.97 Å². The highest BCUT2D eigenvalue weighted by molar-refractivity contribution is 7.10. The van der Waals surface area contributed by atoms with Gasteiger partial charge in [-0.15, -0.1) is 11.3 Å². The van der Waals surface area contributed by atoms with Crippen molar-refractivity contribution >= 4 is 45.7 Å². The van der Waals surface area contributed by atoms with Crippen LogP contribution in [0.3, 0.4) is 0 Å². The van der Waals surface area contributed by atoms with E-state index in [-0.39, 0.29) is 54.7 Å². The van der Waals surface area contributed by atoms with Gasteiger partial charge < -0.3 is 38.5 Å². The van der Waals surface area contributed by atoms with Gasteiger partial charge in [0.25, 0.3) is 5.91 Å². The minimum atomic E-state index is -1.16. The second-order valence-corrected chi connectivity index (χ2v) is 24.8. The molecular weight excluding hydrogens is 1010 g/mol. The number of carbonyl (C=O) groups excluding carboxylic acids is 3. The Bertz CT molecular complexity index is 2970. The normalized spacial score (nSPS) is 27.1. The molecule has 6 bridgehead atoms. The van der Waals surface area contributed by atoms with Gasteiger partial charge in [0, 0.05) is 129 Å². The average molecular weight is 1090 g/mol. The summed E-state index contributed by atoms with van der Waals surface area (Å²) in [6.07, 6.45) is 8.36. The molecule has 0 spiro atoms. The molecule has 1 aromatic carbocycles. The third-order valence-corrected chi connectivity index (χ3v) is 18.0. The molecule has 5 fully saturated rings. The molecule has 8 heterocycles. The third-order valence-electron chi connectivity index (χ3n) is 17.1. The number of pyridine rings is 2. The molecule has 0 radical (unpaired) electrons. The molecule has 5 aromatic rings. The van der Waals surface area contributed by atoms with E-state index in [1.165, 1.54) is 29.2 Å². The maximum atomic E-state index is 15.0. The first-order chi connectivity index (χ1) is 37.6. The van der Waals surface area contributed by atoms with Crippen LogP contribution in [-0.2, 0) is 51.0 Å². The lowest BCUT2D eigenvalue weighted by molar-refractivity contribution is -0.156. The second kappa shape index (κ2) is 22.7. The van der Waals surface area contributed by atoms with Crippen molar-refractivity contribution in [3.63, 3.8) is 0 Å². The van der Waals surface area contributed by atoms with Gasteiger partial charge in [-0.1, -0.05) is 32.9 Å². The minimum absolute atomic E-state index is 0.0211. The summed E-state index contributed by atoms with van der Waals surface area (Å²) in [4.78, 5) is 64.1. The first kappa shape index (κ1) is 54.6. The average Bonchev–Trinajstić information content (AvgIpc) is 4.50. The first-order valence-corrected chi connectivity index (χ1v) is 29.4. The molecule has 4 aromatic heterocycles. The van der Waals surface area contributed by atoms with E-state index in [0.29, 0.717) is 50.6 Å². The zero-order valence-corrected chi connectivity index (χ0v) is 47.6. The van der Waals surface area contributed by atoms with Crippen molar-refractivity contribution in [1.82, 2.24) is 40.2 Å². The topological polar surface area (TPSA) is 175 Å². The Morgan fingerprint density at radius 2 is 1.82 bits per heavy atom. The van der Waals surface area contributed by atoms with Crippen molar-refractivity contribution in [2.45, 2.75) is 148 Å². The summed E-state index contributed by atoms with van der Waals surface area (Å²) >= 11 is 1.40. The summed E-state index contributed by atoms with van der Waals surface area (Å²) in [7, 11) is 1.74. The fourth-order valence-electron chi connectivity index (χ4n) is 12.6. The molecule has 11 rings (SSSR count). The zero-order valence-electron chi connectivity index (χ0n) is 46.8. The molecule has 17 nitrogen and oxygen atoms in total. The maximum absolute atomic E-state index is 15.0. The van der Waals surface area contributed by atoms with E-state index in [1.807, 2.05) is 43.6 Å². The molecule has 418 valence electrons. The maximum Gasteiger partial charge on any atom is 0.324 e. The van der Waals surface area contributed by atoms with Crippen LogP contribution in [0.5, 0.6) is 0 Å². The Balaban J connectivity index is 1.03. The minimum Gasteiger partial charge on any atom is -0.464 e. The van der Waals surface area contributed by atoms with E-state index >= 15 is 4.79 Å². The first-order valence-electron chi connectivity index (χ1n) is 28.6. The standard InChI is InChI=1S/C60H79N9O8S/c1-9-74-54-52(64-55(70)50-36(2)49(50)45-13-10-11-20-61-45)57(71)69-21-12-14-46(65-69)58(72)76-35-59(4,5)32-44-42-29-38(47-34-78-56(54)63-47)15-18-48(42)68(26-28-75-41-19-27-77-60(6,7)31-41)53(44)43-30-40(33-62-51(43)37(3)73-8)67-24-22-66(23-25-67)39-16-17-39/h10-11,13,15,18,20,29-30,33-34,36-37,39,41,46,49-50,52,54,65H,9,12,14,16-17,19,21-28,31-32,35H2,1-8H3,(H,64,70)/t36-,37-,41-,46-,49-,50+,52-,54-/m0/s1. The Kier molecular flexibility index (Phi) is 15.9. The van der Waals surface area contributed by atoms with Crippen LogP contribution in [-0.4, -0.2) is 143 Å². The van der Waals surface area contributed by atoms with Crippen LogP contribution in [0.4, 0.5) is 5.69 Å². The third kappa shape index (κ3) is 11.5. The Morgan fingerprint density at radius 1 is 1.00 bits per heavy atom. The second-order valence-electron chi connectivity index (χ2n) is 23.9. The molecule has 78 heavy (non-hydrogen) atoms. The van der Waals surface area contributed by atoms with Gasteiger partial charge in [0.1, 0.15) is 23.2 Å². The number of esters is 1. The lowest BCUT2D eigenvalue weighted by Crippen LogP contribution is -2.61. The number of nitrogens with one attached hydrogen (secondary N) is 2. The van der Waals surface area contributed by atoms with Crippen molar-refractivity contribution < 1.29 is 38.1 Å². The molecule has 8 atom stereocenters. The van der Waals surface area contributed by atoms with Crippen LogP contribution >= 0.6 is 11.3 Å². The van der Waals surface area contributed by atoms with Crippen LogP contribution in [0.25, 0.3) is 33.4 Å². The number of piperazine rings is 1. The highest BCUT2D eigenvalue weighted by Crippen LogP contribution is 2.53. The van der Waals surface area contributed by atoms with Crippen LogP contribution in [0.1, 0.15) is 127 Å². The molecule has 2 aliphatic carbocycles. The van der Waals surface area contributed by atoms with Gasteiger partial charge in [0.15, 0.2) is 0 Å². The number of methoxy groups -OCH3 is 1. The lowest BCUT2D eigenvalue weighted by atomic mass is 9.84. The number of fused-ring (bicyclic) bond motifs is 6. The van der Waals surface area contributed by atoms with Crippen LogP contribution in [0.15, 0.2) is 60.2 Å². The number of nitrogens with zero attached hydrogens (tertiary/aromatic N) is 7. The monoisotopic (exact) mass is 1090 g/mol. The molecular formula is C60H79N9O8S. The highest BCUT2D eigenvalue weighted by Gasteiger charge is 2.54. The van der Waals surface area contributed by atoms with Crippen molar-refractivity contribution in [1.29, 1.82) is 0 Å². The Labute approximate surface area is 463 Å². The smallest absolute Gasteiger partial charge is 0.324 e. The number of thiazole rings is 1. The Hall–Kier alpha value is -5.34. The van der Waals surface area contributed by atoms with Crippen LogP contribution < -0.4 is 15.6 Å². The van der Waals surface area contributed by atoms with E-state index in [1.54, 1.807) is 13.3 Å². The van der Waals surface area contributed by atoms with Gasteiger partial charge in [-0.25, -0.2) is 10.4 Å². The number of aromatic nitrogens is 4. The predicted octanol–water partition coefficient (Wildman–Crippen LogP) is 8.42. The summed E-state index contributed by atoms with van der Waals surface area (Å²) in [6, 6.07) is 13.4. The van der Waals surface area contributed by atoms with Crippen molar-refractivity contribution in [3.05, 3.63) is 82.2 Å². The Morgan fingerprint density at radius 3 is 2.56 bits per heavy atom. The molecule has 3 saturated heterocycles. The number of ether oxygens (including phenoxy) is 5. The fraction of sp³-hybridized carbons (Fsp3) is 0.600. The van der Waals surface area contributed by atoms with Crippen molar-refractivity contribution in [2.75, 3.05) is 71.2 Å². The molecule has 2 saturated carbocycles. The fourth-order valence-corrected chi connectivity index (χ4v) is 13.5. The largest absolute Gasteiger partial charge is 0.464 e. The van der Waals surface area contributed by atoms with E-state index in [0.717, 1.165) is 101 Å². The van der Waals surface area contributed by atoms with Crippen molar-refractivity contribution in [3.8, 4) is 22.5 Å². The number of hydrogen-bond donors (Lipinski definition) is 2. The molecule has 2 N–H and O–H groups in total. The van der Waals surface area contributed by atoms with Gasteiger partial charge in [0.2, 0.25) is 5.91 Å². The number of hydrogen-bond acceptors (Lipinski definition) is 15.